The van der Waals surface area contributed by atoms with Crippen molar-refractivity contribution in [2.45, 2.75) is 32.4 Å². The van der Waals surface area contributed by atoms with Crippen LogP contribution >= 0.6 is 0 Å². The van der Waals surface area contributed by atoms with Gasteiger partial charge >= 0.3 is 18.1 Å². The second-order valence-electron chi connectivity index (χ2n) is 8.87. The van der Waals surface area contributed by atoms with Crippen molar-refractivity contribution in [3.05, 3.63) is 77.4 Å². The summed E-state index contributed by atoms with van der Waals surface area (Å²) in [5, 5.41) is 0. The van der Waals surface area contributed by atoms with Crippen LogP contribution in [0.1, 0.15) is 47.7 Å². The summed E-state index contributed by atoms with van der Waals surface area (Å²) in [6.07, 6.45) is -3.23. The molecule has 0 radical (unpaired) electrons. The lowest BCUT2D eigenvalue weighted by Crippen LogP contribution is -2.10. The van der Waals surface area contributed by atoms with Crippen LogP contribution in [0.15, 0.2) is 60.7 Å². The third-order valence-corrected chi connectivity index (χ3v) is 5.78. The molecule has 0 aliphatic rings. The molecule has 0 aromatic heterocycles. The van der Waals surface area contributed by atoms with Crippen molar-refractivity contribution < 1.29 is 41.7 Å². The minimum absolute atomic E-state index is 0.0239. The summed E-state index contributed by atoms with van der Waals surface area (Å²) in [6, 6.07) is 15.6. The minimum Gasteiger partial charge on any atom is -0.494 e. The number of nitrogens with two attached hydrogens (primary N) is 2. The van der Waals surface area contributed by atoms with Crippen LogP contribution in [0.4, 0.5) is 24.5 Å². The average Bonchev–Trinajstić information content (AvgIpc) is 2.92. The van der Waals surface area contributed by atoms with Gasteiger partial charge in [0.15, 0.2) is 11.5 Å². The van der Waals surface area contributed by atoms with Gasteiger partial charge in [0.1, 0.15) is 5.75 Å². The molecular formula is C30H31F3N2O6. The van der Waals surface area contributed by atoms with Gasteiger partial charge < -0.3 is 30.4 Å². The minimum atomic E-state index is -4.18. The number of benzene rings is 3. The van der Waals surface area contributed by atoms with Crippen molar-refractivity contribution in [2.24, 2.45) is 0 Å². The van der Waals surface area contributed by atoms with Gasteiger partial charge in [-0.25, -0.2) is 9.59 Å². The molecule has 41 heavy (non-hydrogen) atoms. The number of ether oxygens (including phenoxy) is 4. The summed E-state index contributed by atoms with van der Waals surface area (Å²) in [7, 11) is 1.41. The molecule has 0 aliphatic heterocycles. The second-order valence-corrected chi connectivity index (χ2v) is 8.87. The van der Waals surface area contributed by atoms with Crippen LogP contribution in [0.25, 0.3) is 11.6 Å². The van der Waals surface area contributed by atoms with E-state index in [0.29, 0.717) is 28.3 Å². The highest BCUT2D eigenvalue weighted by Gasteiger charge is 2.25. The fraction of sp³-hybridized carbons (Fsp3) is 0.267. The summed E-state index contributed by atoms with van der Waals surface area (Å²) < 4.78 is 58.2. The SMILES string of the molecule is CCOC(=O)C(=Cc1ccc(OC(=O)c2ccc(OCCCCC(F)(F)F)cc2)c(OC)c1)c1ccc(N)cc1N. The molecule has 8 nitrogen and oxygen atoms in total. The predicted octanol–water partition coefficient (Wildman–Crippen LogP) is 6.29. The number of rotatable bonds is 12. The first-order valence-corrected chi connectivity index (χ1v) is 12.7. The van der Waals surface area contributed by atoms with Gasteiger partial charge in [-0.1, -0.05) is 6.07 Å². The molecule has 0 unspecified atom stereocenters. The maximum atomic E-state index is 12.7. The third-order valence-electron chi connectivity index (χ3n) is 5.78. The maximum Gasteiger partial charge on any atom is 0.389 e. The number of carbonyl (C=O) groups excluding carboxylic acids is 2. The number of unbranched alkanes of at least 4 members (excludes halogenated alkanes) is 1. The molecule has 3 aromatic rings. The number of anilines is 2. The van der Waals surface area contributed by atoms with E-state index in [1.54, 1.807) is 43.3 Å². The van der Waals surface area contributed by atoms with E-state index in [0.717, 1.165) is 0 Å². The monoisotopic (exact) mass is 572 g/mol. The van der Waals surface area contributed by atoms with Crippen molar-refractivity contribution in [3.8, 4) is 17.2 Å². The highest BCUT2D eigenvalue weighted by molar-refractivity contribution is 6.23. The Kier molecular flexibility index (Phi) is 10.6. The fourth-order valence-corrected chi connectivity index (χ4v) is 3.77. The largest absolute Gasteiger partial charge is 0.494 e. The van der Waals surface area contributed by atoms with Gasteiger partial charge in [-0.2, -0.15) is 13.2 Å². The summed E-state index contributed by atoms with van der Waals surface area (Å²) in [5.41, 5.74) is 14.1. The van der Waals surface area contributed by atoms with Crippen molar-refractivity contribution in [3.63, 3.8) is 0 Å². The Bertz CT molecular complexity index is 1390. The quantitative estimate of drug-likeness (QED) is 0.0648. The van der Waals surface area contributed by atoms with Gasteiger partial charge in [-0.15, -0.1) is 0 Å². The number of halogens is 3. The van der Waals surface area contributed by atoms with E-state index >= 15 is 0 Å². The molecule has 0 amide bonds. The molecule has 0 atom stereocenters. The Morgan fingerprint density at radius 3 is 2.29 bits per heavy atom. The average molecular weight is 573 g/mol. The van der Waals surface area contributed by atoms with Crippen LogP contribution in [0, 0.1) is 0 Å². The lowest BCUT2D eigenvalue weighted by Gasteiger charge is -2.13. The Labute approximate surface area is 235 Å². The topological polar surface area (TPSA) is 123 Å². The summed E-state index contributed by atoms with van der Waals surface area (Å²) in [6.45, 7) is 1.98. The zero-order valence-electron chi connectivity index (χ0n) is 22.6. The summed E-state index contributed by atoms with van der Waals surface area (Å²) in [4.78, 5) is 25.5. The zero-order valence-corrected chi connectivity index (χ0v) is 22.6. The number of carbonyl (C=O) groups is 2. The van der Waals surface area contributed by atoms with Gasteiger partial charge in [0, 0.05) is 23.4 Å². The number of esters is 2. The number of hydrogen-bond donors (Lipinski definition) is 2. The fourth-order valence-electron chi connectivity index (χ4n) is 3.77. The van der Waals surface area contributed by atoms with Crippen LogP contribution in [0.2, 0.25) is 0 Å². The molecule has 0 heterocycles. The number of alkyl halides is 3. The van der Waals surface area contributed by atoms with E-state index < -0.39 is 24.5 Å². The Hall–Kier alpha value is -4.67. The summed E-state index contributed by atoms with van der Waals surface area (Å²) in [5.74, 6) is -0.442. The molecule has 0 saturated heterocycles. The lowest BCUT2D eigenvalue weighted by atomic mass is 10.0. The maximum absolute atomic E-state index is 12.7. The van der Waals surface area contributed by atoms with Gasteiger partial charge in [-0.05, 0) is 86.0 Å². The molecule has 11 heteroatoms. The van der Waals surface area contributed by atoms with Crippen LogP contribution in [0.5, 0.6) is 17.2 Å². The summed E-state index contributed by atoms with van der Waals surface area (Å²) >= 11 is 0. The highest BCUT2D eigenvalue weighted by Crippen LogP contribution is 2.32. The first-order valence-electron chi connectivity index (χ1n) is 12.7. The van der Waals surface area contributed by atoms with Crippen LogP contribution in [0.3, 0.4) is 0 Å². The van der Waals surface area contributed by atoms with E-state index in [1.807, 2.05) is 0 Å². The Morgan fingerprint density at radius 2 is 1.66 bits per heavy atom. The molecule has 0 saturated carbocycles. The third kappa shape index (κ3) is 9.20. The van der Waals surface area contributed by atoms with Gasteiger partial charge in [0.25, 0.3) is 0 Å². The van der Waals surface area contributed by atoms with Crippen LogP contribution in [-0.2, 0) is 9.53 Å². The van der Waals surface area contributed by atoms with Crippen LogP contribution < -0.4 is 25.7 Å². The Morgan fingerprint density at radius 1 is 0.927 bits per heavy atom. The molecule has 0 aliphatic carbocycles. The van der Waals surface area contributed by atoms with Gasteiger partial charge in [0.05, 0.1) is 31.5 Å². The van der Waals surface area contributed by atoms with E-state index in [-0.39, 0.29) is 48.7 Å². The molecule has 3 aromatic carbocycles. The highest BCUT2D eigenvalue weighted by atomic mass is 19.4. The van der Waals surface area contributed by atoms with Crippen molar-refractivity contribution in [1.82, 2.24) is 0 Å². The first-order chi connectivity index (χ1) is 19.5. The van der Waals surface area contributed by atoms with Crippen LogP contribution in [-0.4, -0.2) is 38.4 Å². The smallest absolute Gasteiger partial charge is 0.389 e. The number of nitrogen functional groups attached to an aromatic ring is 2. The number of hydrogen-bond acceptors (Lipinski definition) is 8. The second kappa shape index (κ2) is 14.1. The van der Waals surface area contributed by atoms with Crippen molar-refractivity contribution in [1.29, 1.82) is 0 Å². The molecule has 4 N–H and O–H groups in total. The van der Waals surface area contributed by atoms with Gasteiger partial charge in [0.2, 0.25) is 0 Å². The van der Waals surface area contributed by atoms with E-state index in [2.05, 4.69) is 0 Å². The molecule has 0 bridgehead atoms. The normalized spacial score (nSPS) is 11.6. The number of methoxy groups -OCH3 is 1. The van der Waals surface area contributed by atoms with E-state index in [9.17, 15) is 22.8 Å². The Balaban J connectivity index is 1.72. The van der Waals surface area contributed by atoms with Gasteiger partial charge in [-0.3, -0.25) is 0 Å². The van der Waals surface area contributed by atoms with Crippen molar-refractivity contribution >= 4 is 35.0 Å². The molecule has 3 rings (SSSR count). The van der Waals surface area contributed by atoms with E-state index in [4.69, 9.17) is 30.4 Å². The predicted molar refractivity (Wildman–Crippen MR) is 150 cm³/mol. The zero-order chi connectivity index (χ0) is 30.0. The standard InChI is InChI=1S/C30H31F3N2O6/c1-3-39-29(37)24(23-12-9-21(34)18-25(23)35)16-19-6-13-26(27(17-19)38-2)41-28(36)20-7-10-22(11-8-20)40-15-5-4-14-30(31,32)33/h6-13,16-18H,3-5,14-15,34-35H2,1-2H3. The molecule has 0 spiro atoms. The molecule has 218 valence electrons. The molecule has 0 fully saturated rings. The molecular weight excluding hydrogens is 541 g/mol. The first kappa shape index (κ1) is 30.9. The lowest BCUT2D eigenvalue weighted by molar-refractivity contribution is -0.136. The van der Waals surface area contributed by atoms with E-state index in [1.165, 1.54) is 37.4 Å². The van der Waals surface area contributed by atoms with Crippen molar-refractivity contribution in [2.75, 3.05) is 31.8 Å².